The zero-order valence-corrected chi connectivity index (χ0v) is 29.7. The second-order valence-corrected chi connectivity index (χ2v) is 13.7. The molecule has 0 aromatic rings. The van der Waals surface area contributed by atoms with E-state index in [0.717, 1.165) is 25.7 Å². The predicted molar refractivity (Wildman–Crippen MR) is 189 cm³/mol. The monoisotopic (exact) mass is 644 g/mol. The van der Waals surface area contributed by atoms with Crippen molar-refractivity contribution in [1.29, 1.82) is 0 Å². The van der Waals surface area contributed by atoms with Gasteiger partial charge in [0.2, 0.25) is 0 Å². The van der Waals surface area contributed by atoms with Crippen LogP contribution in [0.15, 0.2) is 0 Å². The quantitative estimate of drug-likeness (QED) is 0.0596. The molecule has 7 heteroatoms. The first-order valence-corrected chi connectivity index (χ1v) is 19.1. The summed E-state index contributed by atoms with van der Waals surface area (Å²) in [6, 6.07) is 0. The van der Waals surface area contributed by atoms with Crippen LogP contribution in [0.4, 0.5) is 0 Å². The van der Waals surface area contributed by atoms with Crippen LogP contribution >= 0.6 is 24.4 Å². The Balaban J connectivity index is 2.15. The summed E-state index contributed by atoms with van der Waals surface area (Å²) in [6.45, 7) is 4.42. The third-order valence-corrected chi connectivity index (χ3v) is 9.33. The van der Waals surface area contributed by atoms with Crippen LogP contribution in [0.2, 0.25) is 0 Å². The molecule has 1 heterocycles. The van der Waals surface area contributed by atoms with Gasteiger partial charge < -0.3 is 24.4 Å². The third-order valence-electron chi connectivity index (χ3n) is 8.73. The maximum atomic E-state index is 10.5. The van der Waals surface area contributed by atoms with Crippen molar-refractivity contribution in [3.8, 4) is 0 Å². The number of thiocarbonyl (C=S) groups is 2. The smallest absolute Gasteiger partial charge is 0.160 e. The second kappa shape index (κ2) is 29.1. The highest BCUT2D eigenvalue weighted by Gasteiger charge is 2.44. The number of rotatable bonds is 30. The highest BCUT2D eigenvalue weighted by atomic mass is 32.1. The second-order valence-electron chi connectivity index (χ2n) is 12.8. The molecule has 254 valence electrons. The number of hydrogen-bond acceptors (Lipinski definition) is 7. The molecule has 1 aliphatic rings. The van der Waals surface area contributed by atoms with E-state index in [1.165, 1.54) is 128 Å². The summed E-state index contributed by atoms with van der Waals surface area (Å²) in [4.78, 5) is 0. The molecule has 0 radical (unpaired) electrons. The standard InChI is InChI=1S/C36H68O5S2/c1-3-5-7-9-11-13-15-17-19-21-23-25-27-33(42)40-32(29-37)36-35(31(38)30-39-36)41-34(43)28-26-24-22-20-18-16-14-12-10-8-6-4-2/h31-32,35-38H,3-30H2,1-2H3/t31-,32+,35-,36-/m1/s1. The van der Waals surface area contributed by atoms with Crippen LogP contribution in [-0.4, -0.2) is 57.9 Å². The van der Waals surface area contributed by atoms with Crippen LogP contribution in [-0.2, 0) is 14.2 Å². The summed E-state index contributed by atoms with van der Waals surface area (Å²) in [7, 11) is 0. The summed E-state index contributed by atoms with van der Waals surface area (Å²) in [5.41, 5.74) is 0. The number of ether oxygens (including phenoxy) is 3. The van der Waals surface area contributed by atoms with E-state index in [1.54, 1.807) is 0 Å². The molecule has 1 saturated heterocycles. The molecule has 0 saturated carbocycles. The average molecular weight is 645 g/mol. The summed E-state index contributed by atoms with van der Waals surface area (Å²) in [5.74, 6) is 0. The Morgan fingerprint density at radius 2 is 1.00 bits per heavy atom. The van der Waals surface area contributed by atoms with Crippen LogP contribution in [0, 0.1) is 0 Å². The zero-order chi connectivity index (χ0) is 31.4. The van der Waals surface area contributed by atoms with Crippen LogP contribution in [0.25, 0.3) is 0 Å². The van der Waals surface area contributed by atoms with Gasteiger partial charge in [0.05, 0.1) is 13.2 Å². The topological polar surface area (TPSA) is 68.2 Å². The summed E-state index contributed by atoms with van der Waals surface area (Å²) >= 11 is 11.0. The minimum absolute atomic E-state index is 0.141. The molecular weight excluding hydrogens is 577 g/mol. The van der Waals surface area contributed by atoms with Gasteiger partial charge in [-0.2, -0.15) is 0 Å². The average Bonchev–Trinajstić information content (AvgIpc) is 3.36. The molecule has 2 N–H and O–H groups in total. The summed E-state index contributed by atoms with van der Waals surface area (Å²) in [5, 5.41) is 21.5. The molecule has 0 unspecified atom stereocenters. The number of hydrogen-bond donors (Lipinski definition) is 2. The maximum Gasteiger partial charge on any atom is 0.160 e. The lowest BCUT2D eigenvalue weighted by Gasteiger charge is -2.28. The molecule has 0 aliphatic carbocycles. The van der Waals surface area contributed by atoms with Crippen LogP contribution < -0.4 is 0 Å². The van der Waals surface area contributed by atoms with Gasteiger partial charge in [0, 0.05) is 12.8 Å². The highest BCUT2D eigenvalue weighted by molar-refractivity contribution is 7.80. The lowest BCUT2D eigenvalue weighted by atomic mass is 10.0. The van der Waals surface area contributed by atoms with Gasteiger partial charge in [-0.15, -0.1) is 0 Å². The van der Waals surface area contributed by atoms with Gasteiger partial charge >= 0.3 is 0 Å². The fraction of sp³-hybridized carbons (Fsp3) is 0.944. The van der Waals surface area contributed by atoms with Gasteiger partial charge in [-0.1, -0.05) is 155 Å². The molecule has 0 amide bonds. The molecule has 0 aromatic carbocycles. The van der Waals surface area contributed by atoms with Crippen molar-refractivity contribution < 1.29 is 24.4 Å². The predicted octanol–water partition coefficient (Wildman–Crippen LogP) is 10.3. The Morgan fingerprint density at radius 1 is 0.628 bits per heavy atom. The van der Waals surface area contributed by atoms with Crippen molar-refractivity contribution in [2.45, 2.75) is 205 Å². The van der Waals surface area contributed by atoms with Gasteiger partial charge in [-0.25, -0.2) is 0 Å². The minimum Gasteiger partial charge on any atom is -0.479 e. The van der Waals surface area contributed by atoms with Crippen LogP contribution in [0.3, 0.4) is 0 Å². The van der Waals surface area contributed by atoms with Gasteiger partial charge in [-0.05, 0) is 37.3 Å². The van der Waals surface area contributed by atoms with E-state index in [1.807, 2.05) is 0 Å². The van der Waals surface area contributed by atoms with Gasteiger partial charge in [0.15, 0.2) is 22.3 Å². The molecule has 5 nitrogen and oxygen atoms in total. The first-order valence-electron chi connectivity index (χ1n) is 18.3. The summed E-state index contributed by atoms with van der Waals surface area (Å²) < 4.78 is 17.7. The molecule has 1 rings (SSSR count). The van der Waals surface area contributed by atoms with E-state index in [-0.39, 0.29) is 13.2 Å². The maximum absolute atomic E-state index is 10.5. The SMILES string of the molecule is CCCCCCCCCCCCCCC(=S)O[C@H]1[C@@H]([C@H](CO)OC(=S)CCCCCCCCCCCCCC)OC[C@H]1O. The number of aliphatic hydroxyl groups is 2. The largest absolute Gasteiger partial charge is 0.479 e. The van der Waals surface area contributed by atoms with E-state index in [2.05, 4.69) is 13.8 Å². The zero-order valence-electron chi connectivity index (χ0n) is 28.0. The van der Waals surface area contributed by atoms with Crippen molar-refractivity contribution in [3.05, 3.63) is 0 Å². The number of aliphatic hydroxyl groups excluding tert-OH is 2. The molecular formula is C36H68O5S2. The Labute approximate surface area is 276 Å². The van der Waals surface area contributed by atoms with Crippen LogP contribution in [0.5, 0.6) is 0 Å². The van der Waals surface area contributed by atoms with E-state index in [4.69, 9.17) is 38.6 Å². The van der Waals surface area contributed by atoms with Crippen LogP contribution in [0.1, 0.15) is 181 Å². The van der Waals surface area contributed by atoms with E-state index in [9.17, 15) is 10.2 Å². The van der Waals surface area contributed by atoms with Gasteiger partial charge in [0.1, 0.15) is 12.2 Å². The Bertz CT molecular complexity index is 662. The lowest BCUT2D eigenvalue weighted by Crippen LogP contribution is -2.45. The van der Waals surface area contributed by atoms with Crippen molar-refractivity contribution >= 4 is 34.5 Å². The summed E-state index contributed by atoms with van der Waals surface area (Å²) in [6.07, 6.45) is 29.8. The fourth-order valence-corrected chi connectivity index (χ4v) is 6.47. The third kappa shape index (κ3) is 21.9. The van der Waals surface area contributed by atoms with Crippen molar-refractivity contribution in [2.75, 3.05) is 13.2 Å². The Kier molecular flexibility index (Phi) is 27.5. The highest BCUT2D eigenvalue weighted by Crippen LogP contribution is 2.25. The van der Waals surface area contributed by atoms with Gasteiger partial charge in [0.25, 0.3) is 0 Å². The Morgan fingerprint density at radius 3 is 1.40 bits per heavy atom. The molecule has 4 atom stereocenters. The molecule has 0 spiro atoms. The molecule has 1 aliphatic heterocycles. The first kappa shape index (κ1) is 40.7. The molecule has 43 heavy (non-hydrogen) atoms. The van der Waals surface area contributed by atoms with Crippen molar-refractivity contribution in [2.24, 2.45) is 0 Å². The molecule has 1 fully saturated rings. The molecule has 0 aromatic heterocycles. The normalized spacial score (nSPS) is 19.0. The lowest BCUT2D eigenvalue weighted by molar-refractivity contribution is -0.0577. The van der Waals surface area contributed by atoms with Crippen molar-refractivity contribution in [1.82, 2.24) is 0 Å². The first-order chi connectivity index (χ1) is 21.0. The van der Waals surface area contributed by atoms with E-state index < -0.39 is 24.4 Å². The van der Waals surface area contributed by atoms with E-state index >= 15 is 0 Å². The van der Waals surface area contributed by atoms with Gasteiger partial charge in [-0.3, -0.25) is 0 Å². The molecule has 0 bridgehead atoms. The van der Waals surface area contributed by atoms with E-state index in [0.29, 0.717) is 22.9 Å². The number of unbranched alkanes of at least 4 members (excludes halogenated alkanes) is 22. The van der Waals surface area contributed by atoms with Crippen molar-refractivity contribution in [3.63, 3.8) is 0 Å². The Hall–Kier alpha value is -0.340. The minimum atomic E-state index is -0.799. The fourth-order valence-electron chi connectivity index (χ4n) is 5.95.